The Balaban J connectivity index is 1.94. The maximum Gasteiger partial charge on any atom is 0.188 e. The number of benzene rings is 1. The minimum atomic E-state index is -0.961. The van der Waals surface area contributed by atoms with Crippen molar-refractivity contribution in [3.63, 3.8) is 0 Å². The molecule has 3 rings (SSSR count). The molecule has 2 aromatic rings. The zero-order valence-corrected chi connectivity index (χ0v) is 16.4. The number of halogens is 1. The lowest BCUT2D eigenvalue weighted by Gasteiger charge is -2.26. The Bertz CT molecular complexity index is 721. The Hall–Kier alpha value is -1.31. The highest BCUT2D eigenvalue weighted by atomic mass is 32.2. The van der Waals surface area contributed by atoms with Gasteiger partial charge >= 0.3 is 0 Å². The van der Waals surface area contributed by atoms with Gasteiger partial charge < -0.3 is 13.8 Å². The summed E-state index contributed by atoms with van der Waals surface area (Å²) in [5.74, 6) is 0.740. The predicted molar refractivity (Wildman–Crippen MR) is 102 cm³/mol. The van der Waals surface area contributed by atoms with Crippen LogP contribution < -0.4 is 9.04 Å². The van der Waals surface area contributed by atoms with Crippen LogP contribution in [-0.4, -0.2) is 31.6 Å². The van der Waals surface area contributed by atoms with Crippen molar-refractivity contribution < 1.29 is 13.9 Å². The number of thiazole rings is 1. The average molecular weight is 383 g/mol. The molecule has 1 aliphatic carbocycles. The van der Waals surface area contributed by atoms with E-state index in [4.69, 9.17) is 9.47 Å². The summed E-state index contributed by atoms with van der Waals surface area (Å²) >= 11 is 3.03. The summed E-state index contributed by atoms with van der Waals surface area (Å²) in [5, 5.41) is 2.00. The number of nitrogens with zero attached hydrogens (tertiary/aromatic N) is 2. The van der Waals surface area contributed by atoms with Gasteiger partial charge in [-0.05, 0) is 56.4 Å². The van der Waals surface area contributed by atoms with Crippen LogP contribution in [-0.2, 0) is 17.6 Å². The molecular formula is C18H23FN2O2S2. The fraction of sp³-hybridized carbons (Fsp3) is 0.500. The van der Waals surface area contributed by atoms with E-state index < -0.39 is 6.17 Å². The van der Waals surface area contributed by atoms with Crippen molar-refractivity contribution in [2.24, 2.45) is 0 Å². The number of hydrogen-bond donors (Lipinski definition) is 0. The first-order chi connectivity index (χ1) is 12.1. The van der Waals surface area contributed by atoms with Crippen molar-refractivity contribution in [1.29, 1.82) is 0 Å². The van der Waals surface area contributed by atoms with Crippen LogP contribution in [0.25, 0.3) is 0 Å². The molecule has 0 fully saturated rings. The summed E-state index contributed by atoms with van der Waals surface area (Å²) < 4.78 is 27.6. The van der Waals surface area contributed by atoms with E-state index >= 15 is 0 Å². The molecule has 1 aromatic heterocycles. The zero-order valence-electron chi connectivity index (χ0n) is 14.8. The third kappa shape index (κ3) is 4.65. The molecule has 136 valence electrons. The summed E-state index contributed by atoms with van der Waals surface area (Å²) in [5.41, 5.74) is 4.51. The molecule has 1 aliphatic rings. The largest absolute Gasteiger partial charge is 0.465 e. The number of fused-ring (bicyclic) bond motifs is 1. The summed E-state index contributed by atoms with van der Waals surface area (Å²) in [4.78, 5) is 4.50. The molecule has 0 N–H and O–H groups in total. The van der Waals surface area contributed by atoms with Gasteiger partial charge in [0.05, 0.1) is 12.2 Å². The van der Waals surface area contributed by atoms with E-state index in [0.29, 0.717) is 0 Å². The highest BCUT2D eigenvalue weighted by molar-refractivity contribution is 8.02. The second-order valence-corrected chi connectivity index (χ2v) is 8.31. The van der Waals surface area contributed by atoms with Gasteiger partial charge in [0.25, 0.3) is 0 Å². The van der Waals surface area contributed by atoms with Gasteiger partial charge in [-0.3, -0.25) is 0 Å². The normalized spacial score (nSPS) is 14.4. The third-order valence-electron chi connectivity index (χ3n) is 3.98. The van der Waals surface area contributed by atoms with Gasteiger partial charge in [0.2, 0.25) is 0 Å². The van der Waals surface area contributed by atoms with Crippen LogP contribution in [0.2, 0.25) is 0 Å². The molecule has 0 saturated carbocycles. The molecule has 1 unspecified atom stereocenters. The van der Waals surface area contributed by atoms with Gasteiger partial charge in [-0.15, -0.1) is 11.3 Å². The van der Waals surface area contributed by atoms with Crippen LogP contribution in [0.3, 0.4) is 0 Å². The van der Waals surface area contributed by atoms with E-state index in [0.717, 1.165) is 40.7 Å². The highest BCUT2D eigenvalue weighted by Gasteiger charge is 2.22. The topological polar surface area (TPSA) is 34.6 Å². The van der Waals surface area contributed by atoms with Gasteiger partial charge in [-0.1, -0.05) is 0 Å². The molecule has 1 atom stereocenters. The zero-order chi connectivity index (χ0) is 17.8. The maximum atomic E-state index is 13.9. The quantitative estimate of drug-likeness (QED) is 0.484. The number of rotatable bonds is 8. The van der Waals surface area contributed by atoms with E-state index in [-0.39, 0.29) is 13.3 Å². The number of anilines is 1. The fourth-order valence-corrected chi connectivity index (χ4v) is 4.90. The highest BCUT2D eigenvalue weighted by Crippen LogP contribution is 2.41. The molecule has 0 radical (unpaired) electrons. The molecule has 0 amide bonds. The van der Waals surface area contributed by atoms with Gasteiger partial charge in [-0.2, -0.15) is 0 Å². The third-order valence-corrected chi connectivity index (χ3v) is 6.06. The minimum Gasteiger partial charge on any atom is -0.465 e. The lowest BCUT2D eigenvalue weighted by Crippen LogP contribution is -2.23. The monoisotopic (exact) mass is 382 g/mol. The summed E-state index contributed by atoms with van der Waals surface area (Å²) in [6.07, 6.45) is 2.32. The Labute approximate surface area is 156 Å². The van der Waals surface area contributed by atoms with Crippen molar-refractivity contribution in [3.05, 3.63) is 34.3 Å². The second kappa shape index (κ2) is 8.38. The molecule has 4 nitrogen and oxygen atoms in total. The SMILES string of the molecule is COCOc1cc2c(cc1N(CC(C)F)Sc1nc(C)cs1)CCC2. The van der Waals surface area contributed by atoms with E-state index in [2.05, 4.69) is 17.1 Å². The Kier molecular flexibility index (Phi) is 6.19. The molecule has 7 heteroatoms. The number of hydrogen-bond acceptors (Lipinski definition) is 6. The maximum absolute atomic E-state index is 13.9. The molecule has 0 spiro atoms. The predicted octanol–water partition coefficient (Wildman–Crippen LogP) is 4.79. The van der Waals surface area contributed by atoms with Gasteiger partial charge in [0.1, 0.15) is 11.9 Å². The second-order valence-electron chi connectivity index (χ2n) is 6.18. The summed E-state index contributed by atoms with van der Waals surface area (Å²) in [6, 6.07) is 4.23. The number of aromatic nitrogens is 1. The lowest BCUT2D eigenvalue weighted by molar-refractivity contribution is 0.0514. The van der Waals surface area contributed by atoms with Crippen molar-refractivity contribution in [1.82, 2.24) is 4.98 Å². The molecule has 0 aliphatic heterocycles. The molecule has 25 heavy (non-hydrogen) atoms. The van der Waals surface area contributed by atoms with Crippen LogP contribution in [0.5, 0.6) is 5.75 Å². The van der Waals surface area contributed by atoms with Crippen LogP contribution in [0, 0.1) is 6.92 Å². The van der Waals surface area contributed by atoms with Gasteiger partial charge in [0.15, 0.2) is 11.1 Å². The van der Waals surface area contributed by atoms with Gasteiger partial charge in [0, 0.05) is 30.1 Å². The van der Waals surface area contributed by atoms with E-state index in [9.17, 15) is 4.39 Å². The number of methoxy groups -OCH3 is 1. The van der Waals surface area contributed by atoms with E-state index in [1.54, 1.807) is 25.4 Å². The summed E-state index contributed by atoms with van der Waals surface area (Å²) in [7, 11) is 1.60. The standard InChI is InChI=1S/C18H23FN2O2S2/c1-12(19)9-21(25-18-20-13(2)10-24-18)16-7-14-5-4-6-15(14)8-17(16)23-11-22-3/h7-8,10,12H,4-6,9,11H2,1-3H3. The Morgan fingerprint density at radius 2 is 2.12 bits per heavy atom. The molecule has 1 heterocycles. The Morgan fingerprint density at radius 3 is 2.76 bits per heavy atom. The molecule has 0 saturated heterocycles. The molecular weight excluding hydrogens is 359 g/mol. The van der Waals surface area contributed by atoms with Crippen LogP contribution >= 0.6 is 23.3 Å². The summed E-state index contributed by atoms with van der Waals surface area (Å²) in [6.45, 7) is 3.98. The van der Waals surface area contributed by atoms with Crippen molar-refractivity contribution in [3.8, 4) is 5.75 Å². The van der Waals surface area contributed by atoms with E-state index in [1.165, 1.54) is 23.1 Å². The molecule has 0 bridgehead atoms. The number of alkyl halides is 1. The number of aryl methyl sites for hydroxylation is 3. The average Bonchev–Trinajstić information content (AvgIpc) is 3.19. The number of ether oxygens (including phenoxy) is 2. The first kappa shape index (κ1) is 18.5. The first-order valence-corrected chi connectivity index (χ1v) is 10.0. The van der Waals surface area contributed by atoms with Crippen LogP contribution in [0.15, 0.2) is 21.9 Å². The van der Waals surface area contributed by atoms with Crippen molar-refractivity contribution in [2.75, 3.05) is 24.8 Å². The lowest BCUT2D eigenvalue weighted by atomic mass is 10.1. The minimum absolute atomic E-state index is 0.172. The van der Waals surface area contributed by atoms with E-state index in [1.807, 2.05) is 16.6 Å². The first-order valence-electron chi connectivity index (χ1n) is 8.36. The van der Waals surface area contributed by atoms with Crippen molar-refractivity contribution in [2.45, 2.75) is 43.6 Å². The smallest absolute Gasteiger partial charge is 0.188 e. The Morgan fingerprint density at radius 1 is 1.36 bits per heavy atom. The van der Waals surface area contributed by atoms with Crippen molar-refractivity contribution >= 4 is 29.0 Å². The van der Waals surface area contributed by atoms with Crippen LogP contribution in [0.1, 0.15) is 30.2 Å². The fourth-order valence-electron chi connectivity index (χ4n) is 2.90. The van der Waals surface area contributed by atoms with Gasteiger partial charge in [-0.25, -0.2) is 9.37 Å². The van der Waals surface area contributed by atoms with Crippen LogP contribution in [0.4, 0.5) is 10.1 Å². The molecule has 1 aromatic carbocycles.